The number of carbonyl (C=O) groups is 1. The van der Waals surface area contributed by atoms with Crippen LogP contribution in [0.25, 0.3) is 0 Å². The van der Waals surface area contributed by atoms with Crippen molar-refractivity contribution in [3.63, 3.8) is 0 Å². The van der Waals surface area contributed by atoms with Gasteiger partial charge in [0.1, 0.15) is 11.2 Å². The van der Waals surface area contributed by atoms with Crippen molar-refractivity contribution >= 4 is 11.6 Å². The van der Waals surface area contributed by atoms with Gasteiger partial charge in [-0.3, -0.25) is 15.1 Å². The monoisotopic (exact) mass is 370 g/mol. The van der Waals surface area contributed by atoms with Crippen LogP contribution in [0.2, 0.25) is 0 Å². The molecule has 6 nitrogen and oxygen atoms in total. The molecule has 27 heavy (non-hydrogen) atoms. The molecule has 6 heteroatoms. The lowest BCUT2D eigenvalue weighted by atomic mass is 9.69. The molecule has 1 aromatic carbocycles. The molecule has 1 saturated carbocycles. The number of allylic oxidation sites excluding steroid dienone is 1. The number of rotatable bonds is 4. The van der Waals surface area contributed by atoms with E-state index in [9.17, 15) is 4.79 Å². The highest BCUT2D eigenvalue weighted by atomic mass is 16.6. The van der Waals surface area contributed by atoms with Crippen molar-refractivity contribution in [1.29, 1.82) is 0 Å². The third-order valence-corrected chi connectivity index (χ3v) is 7.21. The summed E-state index contributed by atoms with van der Waals surface area (Å²) < 4.78 is 11.7. The number of amides is 1. The summed E-state index contributed by atoms with van der Waals surface area (Å²) in [7, 11) is 3.22. The van der Waals surface area contributed by atoms with Crippen LogP contribution >= 0.6 is 0 Å². The maximum absolute atomic E-state index is 13.8. The number of ether oxygens (including phenoxy) is 2. The Bertz CT molecular complexity index is 822. The molecule has 0 unspecified atom stereocenters. The number of anilines is 1. The van der Waals surface area contributed by atoms with E-state index in [1.165, 1.54) is 5.57 Å². The van der Waals surface area contributed by atoms with E-state index >= 15 is 0 Å². The maximum Gasteiger partial charge on any atom is 0.236 e. The van der Waals surface area contributed by atoms with Crippen molar-refractivity contribution in [2.24, 2.45) is 11.8 Å². The van der Waals surface area contributed by atoms with E-state index in [1.54, 1.807) is 14.2 Å². The van der Waals surface area contributed by atoms with Gasteiger partial charge in [-0.25, -0.2) is 0 Å². The van der Waals surface area contributed by atoms with E-state index in [1.807, 2.05) is 18.2 Å². The smallest absolute Gasteiger partial charge is 0.236 e. The molecule has 5 atom stereocenters. The van der Waals surface area contributed by atoms with Crippen LogP contribution in [0.4, 0.5) is 5.69 Å². The Kier molecular flexibility index (Phi) is 3.78. The highest BCUT2D eigenvalue weighted by Gasteiger charge is 2.67. The molecular weight excluding hydrogens is 344 g/mol. The Morgan fingerprint density at radius 1 is 1.37 bits per heavy atom. The molecule has 5 fully saturated rings. The molecule has 5 aliphatic rings. The first-order valence-corrected chi connectivity index (χ1v) is 9.69. The maximum atomic E-state index is 13.8. The summed E-state index contributed by atoms with van der Waals surface area (Å²) in [6, 6.07) is 6.09. The lowest BCUT2D eigenvalue weighted by Crippen LogP contribution is -2.59. The largest absolute Gasteiger partial charge is 0.497 e. The second kappa shape index (κ2) is 5.97. The summed E-state index contributed by atoms with van der Waals surface area (Å²) in [6.07, 6.45) is 3.83. The topological polar surface area (TPSA) is 60.0 Å². The first-order chi connectivity index (χ1) is 13.1. The summed E-state index contributed by atoms with van der Waals surface area (Å²) in [5.41, 5.74) is 5.46. The predicted molar refractivity (Wildman–Crippen MR) is 101 cm³/mol. The minimum absolute atomic E-state index is 0.109. The van der Waals surface area contributed by atoms with Gasteiger partial charge in [-0.2, -0.15) is 0 Å². The molecule has 1 aromatic rings. The van der Waals surface area contributed by atoms with Gasteiger partial charge in [0.25, 0.3) is 0 Å². The molecule has 1 amide bonds. The van der Waals surface area contributed by atoms with Crippen molar-refractivity contribution in [2.45, 2.75) is 37.3 Å². The fourth-order valence-corrected chi connectivity index (χ4v) is 5.99. The van der Waals surface area contributed by atoms with Gasteiger partial charge in [0.15, 0.2) is 0 Å². The Morgan fingerprint density at radius 3 is 2.96 bits per heavy atom. The number of nitrogens with one attached hydrogen (secondary N) is 1. The number of methoxy groups -OCH3 is 1. The SMILES string of the molecule is CC=C1CN2C(=O)[C@@]3(c4ccc(OC)cc4NOC)C[C@@H]2[C@@H]2CO[C@H]3C[C@H]12. The van der Waals surface area contributed by atoms with Gasteiger partial charge in [0.05, 0.1) is 32.6 Å². The standard InChI is InChI=1S/C21H26N2O4/c1-4-12-10-23-18-9-21(20(23)24,19-8-14(12)15(18)11-27-19)16-6-5-13(25-2)7-17(16)22-26-3/h4-7,14-15,18-19,22H,8-11H2,1-3H3/t14-,15-,18-,19+,21-/m1/s1. The van der Waals surface area contributed by atoms with Crippen LogP contribution in [0.3, 0.4) is 0 Å². The number of carbonyl (C=O) groups excluding carboxylic acids is 1. The minimum atomic E-state index is -0.652. The minimum Gasteiger partial charge on any atom is -0.497 e. The van der Waals surface area contributed by atoms with Gasteiger partial charge in [0, 0.05) is 24.6 Å². The predicted octanol–water partition coefficient (Wildman–Crippen LogP) is 2.50. The molecule has 4 saturated heterocycles. The van der Waals surface area contributed by atoms with Crippen LogP contribution in [-0.4, -0.2) is 50.3 Å². The van der Waals surface area contributed by atoms with Crippen molar-refractivity contribution in [3.8, 4) is 5.75 Å². The van der Waals surface area contributed by atoms with Crippen molar-refractivity contribution < 1.29 is 19.1 Å². The first-order valence-electron chi connectivity index (χ1n) is 9.69. The number of benzene rings is 1. The molecule has 0 radical (unpaired) electrons. The molecule has 5 bridgehead atoms. The third-order valence-electron chi connectivity index (χ3n) is 7.21. The normalized spacial score (nSPS) is 37.8. The van der Waals surface area contributed by atoms with E-state index < -0.39 is 5.41 Å². The fourth-order valence-electron chi connectivity index (χ4n) is 5.99. The quantitative estimate of drug-likeness (QED) is 0.652. The van der Waals surface area contributed by atoms with Gasteiger partial charge in [-0.15, -0.1) is 0 Å². The summed E-state index contributed by atoms with van der Waals surface area (Å²) >= 11 is 0. The first kappa shape index (κ1) is 17.1. The summed E-state index contributed by atoms with van der Waals surface area (Å²) in [6.45, 7) is 3.60. The number of nitrogens with zero attached hydrogens (tertiary/aromatic N) is 1. The number of fused-ring (bicyclic) bond motifs is 1. The van der Waals surface area contributed by atoms with Gasteiger partial charge < -0.3 is 14.4 Å². The number of piperidine rings is 1. The van der Waals surface area contributed by atoms with Gasteiger partial charge in [-0.05, 0) is 37.3 Å². The molecule has 6 rings (SSSR count). The van der Waals surface area contributed by atoms with E-state index in [-0.39, 0.29) is 18.1 Å². The van der Waals surface area contributed by atoms with Crippen LogP contribution in [-0.2, 0) is 19.8 Å². The van der Waals surface area contributed by atoms with Crippen LogP contribution in [0.5, 0.6) is 5.75 Å². The zero-order valence-corrected chi connectivity index (χ0v) is 16.0. The molecule has 1 N–H and O–H groups in total. The highest BCUT2D eigenvalue weighted by molar-refractivity contribution is 5.94. The average Bonchev–Trinajstić information content (AvgIpc) is 2.83. The van der Waals surface area contributed by atoms with E-state index in [0.717, 1.165) is 43.0 Å². The molecule has 1 aliphatic carbocycles. The molecular formula is C21H26N2O4. The Balaban J connectivity index is 1.68. The van der Waals surface area contributed by atoms with E-state index in [2.05, 4.69) is 23.4 Å². The van der Waals surface area contributed by atoms with Crippen molar-refractivity contribution in [3.05, 3.63) is 35.4 Å². The van der Waals surface area contributed by atoms with Crippen LogP contribution in [0, 0.1) is 11.8 Å². The Morgan fingerprint density at radius 2 is 2.22 bits per heavy atom. The second-order valence-electron chi connectivity index (χ2n) is 8.09. The van der Waals surface area contributed by atoms with Crippen molar-refractivity contribution in [2.75, 3.05) is 32.9 Å². The fraction of sp³-hybridized carbons (Fsp3) is 0.571. The lowest BCUT2D eigenvalue weighted by Gasteiger charge is -2.50. The summed E-state index contributed by atoms with van der Waals surface area (Å²) in [5, 5.41) is 0. The van der Waals surface area contributed by atoms with Gasteiger partial charge >= 0.3 is 0 Å². The Labute approximate surface area is 159 Å². The highest BCUT2D eigenvalue weighted by Crippen LogP contribution is 2.59. The zero-order valence-electron chi connectivity index (χ0n) is 16.0. The van der Waals surface area contributed by atoms with Crippen LogP contribution in [0.1, 0.15) is 25.3 Å². The number of hydrogen-bond donors (Lipinski definition) is 1. The molecule has 144 valence electrons. The second-order valence-corrected chi connectivity index (χ2v) is 8.09. The number of hydrogen-bond acceptors (Lipinski definition) is 5. The zero-order chi connectivity index (χ0) is 18.8. The average molecular weight is 370 g/mol. The molecule has 0 spiro atoms. The van der Waals surface area contributed by atoms with Crippen LogP contribution < -0.4 is 10.2 Å². The lowest BCUT2D eigenvalue weighted by molar-refractivity contribution is -0.154. The molecule has 0 aromatic heterocycles. The van der Waals surface area contributed by atoms with Gasteiger partial charge in [0.2, 0.25) is 5.91 Å². The Hall–Kier alpha value is -2.05. The molecule has 4 heterocycles. The molecule has 4 aliphatic heterocycles. The third kappa shape index (κ3) is 2.11. The van der Waals surface area contributed by atoms with Crippen molar-refractivity contribution in [1.82, 2.24) is 4.90 Å². The van der Waals surface area contributed by atoms with E-state index in [4.69, 9.17) is 14.3 Å². The summed E-state index contributed by atoms with van der Waals surface area (Å²) in [5.74, 6) is 1.87. The van der Waals surface area contributed by atoms with Gasteiger partial charge in [-0.1, -0.05) is 17.7 Å². The van der Waals surface area contributed by atoms with Crippen LogP contribution in [0.15, 0.2) is 29.8 Å². The van der Waals surface area contributed by atoms with E-state index in [0.29, 0.717) is 11.8 Å². The summed E-state index contributed by atoms with van der Waals surface area (Å²) in [4.78, 5) is 21.1.